The number of fused-ring (bicyclic) bond motifs is 1. The normalized spacial score (nSPS) is 12.6. The van der Waals surface area contributed by atoms with Gasteiger partial charge in [0.1, 0.15) is 0 Å². The largest absolute Gasteiger partial charge is 0.454 e. The Labute approximate surface area is 177 Å². The Kier molecular flexibility index (Phi) is 6.98. The van der Waals surface area contributed by atoms with Crippen LogP contribution in [0.1, 0.15) is 12.8 Å². The maximum atomic E-state index is 12.2. The zero-order valence-corrected chi connectivity index (χ0v) is 18.1. The molecule has 1 N–H and O–H groups in total. The molecule has 2 heterocycles. The van der Waals surface area contributed by atoms with Gasteiger partial charge in [-0.25, -0.2) is 8.42 Å². The molecule has 2 aromatic rings. The molecule has 1 aromatic carbocycles. The Bertz CT molecular complexity index is 993. The molecule has 0 saturated heterocycles. The molecule has 0 bridgehead atoms. The fourth-order valence-electron chi connectivity index (χ4n) is 2.54. The van der Waals surface area contributed by atoms with Crippen LogP contribution in [0.25, 0.3) is 0 Å². The van der Waals surface area contributed by atoms with Crippen LogP contribution >= 0.6 is 23.1 Å². The van der Waals surface area contributed by atoms with E-state index in [9.17, 15) is 13.2 Å². The number of hydrogen-bond donors (Lipinski definition) is 1. The number of sulfonamides is 1. The number of amides is 1. The average molecular weight is 457 g/mol. The lowest BCUT2D eigenvalue weighted by Crippen LogP contribution is -2.31. The molecule has 0 radical (unpaired) electrons. The quantitative estimate of drug-likeness (QED) is 0.330. The number of nitrogens with one attached hydrogen (secondary N) is 1. The summed E-state index contributed by atoms with van der Waals surface area (Å²) in [5.41, 5.74) is 0.463. The highest BCUT2D eigenvalue weighted by molar-refractivity contribution is 8.01. The van der Waals surface area contributed by atoms with Crippen molar-refractivity contribution in [1.29, 1.82) is 0 Å². The van der Waals surface area contributed by atoms with Gasteiger partial charge in [-0.05, 0) is 18.6 Å². The first-order valence-electron chi connectivity index (χ1n) is 8.61. The van der Waals surface area contributed by atoms with E-state index >= 15 is 0 Å². The Balaban J connectivity index is 1.55. The predicted octanol–water partition coefficient (Wildman–Crippen LogP) is 2.73. The van der Waals surface area contributed by atoms with E-state index in [0.29, 0.717) is 34.5 Å². The van der Waals surface area contributed by atoms with Gasteiger partial charge in [0.2, 0.25) is 27.9 Å². The average Bonchev–Trinajstić information content (AvgIpc) is 3.31. The Morgan fingerprint density at radius 3 is 2.93 bits per heavy atom. The minimum absolute atomic E-state index is 0.108. The van der Waals surface area contributed by atoms with Crippen LogP contribution in [0, 0.1) is 0 Å². The summed E-state index contributed by atoms with van der Waals surface area (Å²) < 4.78 is 37.0. The number of thioether (sulfide) groups is 1. The van der Waals surface area contributed by atoms with Gasteiger partial charge in [0.25, 0.3) is 0 Å². The van der Waals surface area contributed by atoms with Crippen molar-refractivity contribution >= 4 is 49.8 Å². The lowest BCUT2D eigenvalue weighted by Gasteiger charge is -2.22. The van der Waals surface area contributed by atoms with Gasteiger partial charge in [0.05, 0.1) is 11.9 Å². The van der Waals surface area contributed by atoms with Gasteiger partial charge in [-0.1, -0.05) is 29.2 Å². The SMILES string of the molecule is C=CCSc1nnc(NC(=O)CCCN(c2ccc3c(c2)OCO3)S(C)(=O)=O)s1. The van der Waals surface area contributed by atoms with Crippen LogP contribution in [0.3, 0.4) is 0 Å². The first-order valence-corrected chi connectivity index (χ1v) is 12.3. The van der Waals surface area contributed by atoms with Gasteiger partial charge >= 0.3 is 0 Å². The van der Waals surface area contributed by atoms with Gasteiger partial charge in [0.15, 0.2) is 15.8 Å². The number of ether oxygens (including phenoxy) is 2. The maximum Gasteiger partial charge on any atom is 0.232 e. The van der Waals surface area contributed by atoms with Crippen LogP contribution in [0.5, 0.6) is 11.5 Å². The number of benzene rings is 1. The van der Waals surface area contributed by atoms with Crippen LogP contribution in [-0.2, 0) is 14.8 Å². The molecular formula is C17H20N4O5S3. The van der Waals surface area contributed by atoms with Crippen LogP contribution in [0.4, 0.5) is 10.8 Å². The van der Waals surface area contributed by atoms with Crippen molar-refractivity contribution in [2.45, 2.75) is 17.2 Å². The van der Waals surface area contributed by atoms with Gasteiger partial charge in [-0.3, -0.25) is 9.10 Å². The summed E-state index contributed by atoms with van der Waals surface area (Å²) in [5, 5.41) is 11.0. The highest BCUT2D eigenvalue weighted by Gasteiger charge is 2.21. The van der Waals surface area contributed by atoms with E-state index in [4.69, 9.17) is 9.47 Å². The molecule has 3 rings (SSSR count). The van der Waals surface area contributed by atoms with Crippen LogP contribution < -0.4 is 19.1 Å². The molecule has 156 valence electrons. The molecule has 0 saturated carbocycles. The van der Waals surface area contributed by atoms with Crippen molar-refractivity contribution in [3.05, 3.63) is 30.9 Å². The molecule has 0 aliphatic carbocycles. The molecule has 1 aliphatic heterocycles. The molecule has 12 heteroatoms. The van der Waals surface area contributed by atoms with E-state index in [1.807, 2.05) is 0 Å². The number of hydrogen-bond acceptors (Lipinski definition) is 9. The van der Waals surface area contributed by atoms with E-state index in [0.717, 1.165) is 10.6 Å². The summed E-state index contributed by atoms with van der Waals surface area (Å²) >= 11 is 2.76. The summed E-state index contributed by atoms with van der Waals surface area (Å²) in [4.78, 5) is 12.2. The summed E-state index contributed by atoms with van der Waals surface area (Å²) in [5.74, 6) is 1.53. The van der Waals surface area contributed by atoms with Gasteiger partial charge in [0, 0.05) is 24.8 Å². The maximum absolute atomic E-state index is 12.2. The first-order chi connectivity index (χ1) is 13.9. The molecule has 0 atom stereocenters. The lowest BCUT2D eigenvalue weighted by molar-refractivity contribution is -0.116. The number of aromatic nitrogens is 2. The standard InChI is InChI=1S/C17H20N4O5S3/c1-3-9-27-17-20-19-16(28-17)18-15(22)5-4-8-21(29(2,23)24)12-6-7-13-14(10-12)26-11-25-13/h3,6-7,10H,1,4-5,8-9,11H2,2H3,(H,18,19,22). The van der Waals surface area contributed by atoms with Crippen LogP contribution in [0.2, 0.25) is 0 Å². The summed E-state index contributed by atoms with van der Waals surface area (Å²) in [6, 6.07) is 4.94. The molecule has 0 fully saturated rings. The summed E-state index contributed by atoms with van der Waals surface area (Å²) in [7, 11) is -3.52. The topological polar surface area (TPSA) is 111 Å². The molecular weight excluding hydrogens is 436 g/mol. The van der Waals surface area contributed by atoms with Crippen molar-refractivity contribution in [3.63, 3.8) is 0 Å². The lowest BCUT2D eigenvalue weighted by atomic mass is 10.2. The van der Waals surface area contributed by atoms with Crippen molar-refractivity contribution in [1.82, 2.24) is 10.2 Å². The number of rotatable bonds is 10. The molecule has 1 amide bonds. The Morgan fingerprint density at radius 1 is 1.38 bits per heavy atom. The first kappa shape index (κ1) is 21.4. The molecule has 0 spiro atoms. The second-order valence-electron chi connectivity index (χ2n) is 6.00. The Hall–Kier alpha value is -2.31. The summed E-state index contributed by atoms with van der Waals surface area (Å²) in [6.07, 6.45) is 3.37. The van der Waals surface area contributed by atoms with E-state index < -0.39 is 10.0 Å². The number of carbonyl (C=O) groups excluding carboxylic acids is 1. The van der Waals surface area contributed by atoms with Crippen molar-refractivity contribution in [3.8, 4) is 11.5 Å². The van der Waals surface area contributed by atoms with E-state index in [1.165, 1.54) is 27.4 Å². The third kappa shape index (κ3) is 5.84. The van der Waals surface area contributed by atoms with Crippen LogP contribution in [-0.4, -0.2) is 49.9 Å². The summed E-state index contributed by atoms with van der Waals surface area (Å²) in [6.45, 7) is 3.90. The monoisotopic (exact) mass is 456 g/mol. The highest BCUT2D eigenvalue weighted by atomic mass is 32.2. The molecule has 0 unspecified atom stereocenters. The predicted molar refractivity (Wildman–Crippen MR) is 113 cm³/mol. The molecule has 1 aromatic heterocycles. The van der Waals surface area contributed by atoms with Crippen molar-refractivity contribution < 1.29 is 22.7 Å². The van der Waals surface area contributed by atoms with Gasteiger partial charge in [-0.15, -0.1) is 16.8 Å². The fraction of sp³-hybridized carbons (Fsp3) is 0.353. The smallest absolute Gasteiger partial charge is 0.232 e. The van der Waals surface area contributed by atoms with E-state index in [2.05, 4.69) is 22.1 Å². The van der Waals surface area contributed by atoms with Crippen molar-refractivity contribution in [2.75, 3.05) is 35.0 Å². The zero-order valence-electron chi connectivity index (χ0n) is 15.7. The highest BCUT2D eigenvalue weighted by Crippen LogP contribution is 2.36. The minimum Gasteiger partial charge on any atom is -0.454 e. The second-order valence-corrected chi connectivity index (χ2v) is 10.1. The minimum atomic E-state index is -3.52. The fourth-order valence-corrected chi connectivity index (χ4v) is 5.03. The molecule has 29 heavy (non-hydrogen) atoms. The van der Waals surface area contributed by atoms with Crippen molar-refractivity contribution in [2.24, 2.45) is 0 Å². The molecule has 9 nitrogen and oxygen atoms in total. The third-order valence-corrected chi connectivity index (χ3v) is 6.95. The number of nitrogens with zero attached hydrogens (tertiary/aromatic N) is 3. The molecule has 1 aliphatic rings. The number of carbonyl (C=O) groups is 1. The second kappa shape index (κ2) is 9.46. The van der Waals surface area contributed by atoms with E-state index in [1.54, 1.807) is 24.3 Å². The van der Waals surface area contributed by atoms with Gasteiger partial charge in [-0.2, -0.15) is 0 Å². The zero-order chi connectivity index (χ0) is 20.9. The van der Waals surface area contributed by atoms with Gasteiger partial charge < -0.3 is 14.8 Å². The third-order valence-electron chi connectivity index (χ3n) is 3.79. The number of anilines is 2. The van der Waals surface area contributed by atoms with Crippen LogP contribution in [0.15, 0.2) is 35.2 Å². The Morgan fingerprint density at radius 2 is 2.17 bits per heavy atom. The van der Waals surface area contributed by atoms with E-state index in [-0.39, 0.29) is 25.7 Å².